The number of hydrogen-bond acceptors (Lipinski definition) is 6. The number of nitro groups is 1. The first-order valence-electron chi connectivity index (χ1n) is 8.61. The molecule has 30 heavy (non-hydrogen) atoms. The molecule has 0 radical (unpaired) electrons. The van der Waals surface area contributed by atoms with Crippen LogP contribution >= 0.6 is 0 Å². The van der Waals surface area contributed by atoms with E-state index in [0.717, 1.165) is 0 Å². The molecule has 10 heteroatoms. The molecule has 154 valence electrons. The molecular weight excluding hydrogens is 410 g/mol. The molecule has 0 saturated heterocycles. The van der Waals surface area contributed by atoms with Crippen LogP contribution < -0.4 is 14.8 Å². The number of carbonyl (C=O) groups is 1. The quantitative estimate of drug-likeness (QED) is 0.437. The van der Waals surface area contributed by atoms with Crippen molar-refractivity contribution >= 4 is 33.0 Å². The summed E-state index contributed by atoms with van der Waals surface area (Å²) in [5.74, 6) is -0.0187. The fourth-order valence-corrected chi connectivity index (χ4v) is 3.64. The maximum absolute atomic E-state index is 12.6. The lowest BCUT2D eigenvalue weighted by Gasteiger charge is -2.10. The summed E-state index contributed by atoms with van der Waals surface area (Å²) in [7, 11) is -2.39. The lowest BCUT2D eigenvalue weighted by molar-refractivity contribution is -0.384. The molecule has 1 amide bonds. The van der Waals surface area contributed by atoms with E-state index in [1.54, 1.807) is 0 Å². The number of rotatable bonds is 7. The zero-order valence-electron chi connectivity index (χ0n) is 15.7. The molecule has 9 nitrogen and oxygen atoms in total. The van der Waals surface area contributed by atoms with Gasteiger partial charge in [0.2, 0.25) is 0 Å². The number of methoxy groups -OCH3 is 1. The Labute approximate surface area is 172 Å². The van der Waals surface area contributed by atoms with Crippen molar-refractivity contribution < 1.29 is 22.9 Å². The van der Waals surface area contributed by atoms with E-state index in [0.29, 0.717) is 5.75 Å². The highest BCUT2D eigenvalue weighted by Gasteiger charge is 2.16. The molecule has 3 aromatic rings. The molecular formula is C20H17N3O6S. The van der Waals surface area contributed by atoms with E-state index in [1.807, 2.05) is 0 Å². The van der Waals surface area contributed by atoms with E-state index < -0.39 is 20.9 Å². The van der Waals surface area contributed by atoms with Gasteiger partial charge in [0.25, 0.3) is 21.6 Å². The number of ether oxygens (including phenoxy) is 1. The average Bonchev–Trinajstić information content (AvgIpc) is 2.74. The van der Waals surface area contributed by atoms with Gasteiger partial charge in [0, 0.05) is 29.1 Å². The van der Waals surface area contributed by atoms with E-state index in [-0.39, 0.29) is 27.5 Å². The number of non-ortho nitro benzene ring substituents is 1. The molecule has 2 N–H and O–H groups in total. The Balaban J connectivity index is 1.77. The average molecular weight is 427 g/mol. The second kappa shape index (κ2) is 8.62. The van der Waals surface area contributed by atoms with Crippen LogP contribution in [0.1, 0.15) is 10.4 Å². The Morgan fingerprint density at radius 2 is 1.63 bits per heavy atom. The van der Waals surface area contributed by atoms with E-state index in [1.165, 1.54) is 79.9 Å². The second-order valence-corrected chi connectivity index (χ2v) is 7.81. The van der Waals surface area contributed by atoms with Crippen LogP contribution in [0.25, 0.3) is 0 Å². The Hall–Kier alpha value is -3.92. The van der Waals surface area contributed by atoms with Crippen molar-refractivity contribution in [1.29, 1.82) is 0 Å². The third-order valence-corrected chi connectivity index (χ3v) is 5.46. The summed E-state index contributed by atoms with van der Waals surface area (Å²) in [6.07, 6.45) is 0. The summed E-state index contributed by atoms with van der Waals surface area (Å²) in [5, 5.41) is 13.4. The SMILES string of the molecule is COc1ccc(S(=O)(=O)Nc2cccc(C(=O)Nc3cccc([N+](=O)[O-])c3)c2)cc1. The minimum atomic E-state index is -3.87. The summed E-state index contributed by atoms with van der Waals surface area (Å²) >= 11 is 0. The van der Waals surface area contributed by atoms with Gasteiger partial charge in [-0.1, -0.05) is 12.1 Å². The molecule has 0 heterocycles. The molecule has 0 aliphatic carbocycles. The first-order valence-corrected chi connectivity index (χ1v) is 10.1. The summed E-state index contributed by atoms with van der Waals surface area (Å²) in [4.78, 5) is 22.8. The summed E-state index contributed by atoms with van der Waals surface area (Å²) in [6, 6.07) is 17.3. The number of nitro benzene ring substituents is 1. The fourth-order valence-electron chi connectivity index (χ4n) is 2.59. The van der Waals surface area contributed by atoms with Crippen molar-refractivity contribution in [2.75, 3.05) is 17.1 Å². The Morgan fingerprint density at radius 1 is 0.967 bits per heavy atom. The highest BCUT2D eigenvalue weighted by molar-refractivity contribution is 7.92. The van der Waals surface area contributed by atoms with Crippen LogP contribution in [0, 0.1) is 10.1 Å². The topological polar surface area (TPSA) is 128 Å². The third kappa shape index (κ3) is 4.92. The molecule has 0 fully saturated rings. The summed E-state index contributed by atoms with van der Waals surface area (Å²) < 4.78 is 32.5. The van der Waals surface area contributed by atoms with Crippen molar-refractivity contribution in [3.63, 3.8) is 0 Å². The predicted molar refractivity (Wildman–Crippen MR) is 111 cm³/mol. The van der Waals surface area contributed by atoms with Crippen LogP contribution in [-0.2, 0) is 10.0 Å². The van der Waals surface area contributed by atoms with Crippen molar-refractivity contribution in [3.8, 4) is 5.75 Å². The normalized spacial score (nSPS) is 10.8. The number of benzene rings is 3. The van der Waals surface area contributed by atoms with Gasteiger partial charge in [-0.05, 0) is 48.5 Å². The van der Waals surface area contributed by atoms with Crippen LogP contribution in [0.5, 0.6) is 5.75 Å². The number of nitrogens with zero attached hydrogens (tertiary/aromatic N) is 1. The highest BCUT2D eigenvalue weighted by Crippen LogP contribution is 2.21. The summed E-state index contributed by atoms with van der Waals surface area (Å²) in [6.45, 7) is 0. The Kier molecular flexibility index (Phi) is 5.98. The zero-order chi connectivity index (χ0) is 21.7. The van der Waals surface area contributed by atoms with Crippen molar-refractivity contribution in [1.82, 2.24) is 0 Å². The molecule has 0 saturated carbocycles. The monoisotopic (exact) mass is 427 g/mol. The fraction of sp³-hybridized carbons (Fsp3) is 0.0500. The van der Waals surface area contributed by atoms with Crippen LogP contribution in [0.4, 0.5) is 17.1 Å². The van der Waals surface area contributed by atoms with Gasteiger partial charge in [0.15, 0.2) is 0 Å². The number of anilines is 2. The number of carbonyl (C=O) groups excluding carboxylic acids is 1. The summed E-state index contributed by atoms with van der Waals surface area (Å²) in [5.41, 5.74) is 0.459. The van der Waals surface area contributed by atoms with Crippen molar-refractivity contribution in [2.45, 2.75) is 4.90 Å². The first kappa shape index (κ1) is 20.8. The Bertz CT molecular complexity index is 1190. The lowest BCUT2D eigenvalue weighted by Crippen LogP contribution is -2.15. The van der Waals surface area contributed by atoms with E-state index >= 15 is 0 Å². The molecule has 0 unspecified atom stereocenters. The van der Waals surface area contributed by atoms with Crippen molar-refractivity contribution in [3.05, 3.63) is 88.5 Å². The molecule has 3 aromatic carbocycles. The van der Waals surface area contributed by atoms with E-state index in [2.05, 4.69) is 10.0 Å². The predicted octanol–water partition coefficient (Wildman–Crippen LogP) is 3.66. The van der Waals surface area contributed by atoms with Gasteiger partial charge in [-0.3, -0.25) is 19.6 Å². The number of amides is 1. The van der Waals surface area contributed by atoms with Gasteiger partial charge in [-0.2, -0.15) is 0 Å². The molecule has 0 aliphatic heterocycles. The van der Waals surface area contributed by atoms with Crippen LogP contribution in [0.2, 0.25) is 0 Å². The van der Waals surface area contributed by atoms with E-state index in [4.69, 9.17) is 4.74 Å². The van der Waals surface area contributed by atoms with Gasteiger partial charge < -0.3 is 10.1 Å². The smallest absolute Gasteiger partial charge is 0.271 e. The minimum Gasteiger partial charge on any atom is -0.497 e. The molecule has 0 bridgehead atoms. The molecule has 0 spiro atoms. The van der Waals surface area contributed by atoms with Gasteiger partial charge in [-0.15, -0.1) is 0 Å². The number of hydrogen-bond donors (Lipinski definition) is 2. The third-order valence-electron chi connectivity index (χ3n) is 4.06. The Morgan fingerprint density at radius 3 is 2.30 bits per heavy atom. The molecule has 0 aromatic heterocycles. The number of sulfonamides is 1. The standard InChI is InChI=1S/C20H17N3O6S/c1-29-18-8-10-19(11-9-18)30(27,28)22-16-6-2-4-14(12-16)20(24)21-15-5-3-7-17(13-15)23(25)26/h2-13,22H,1H3,(H,21,24). The first-order chi connectivity index (χ1) is 14.3. The van der Waals surface area contributed by atoms with Gasteiger partial charge >= 0.3 is 0 Å². The van der Waals surface area contributed by atoms with Gasteiger partial charge in [0.05, 0.1) is 16.9 Å². The molecule has 0 atom stereocenters. The maximum Gasteiger partial charge on any atom is 0.271 e. The van der Waals surface area contributed by atoms with Gasteiger partial charge in [0.1, 0.15) is 5.75 Å². The van der Waals surface area contributed by atoms with E-state index in [9.17, 15) is 23.3 Å². The number of nitrogens with one attached hydrogen (secondary N) is 2. The zero-order valence-corrected chi connectivity index (χ0v) is 16.5. The molecule has 3 rings (SSSR count). The van der Waals surface area contributed by atoms with Gasteiger partial charge in [-0.25, -0.2) is 8.42 Å². The highest BCUT2D eigenvalue weighted by atomic mass is 32.2. The minimum absolute atomic E-state index is 0.0368. The maximum atomic E-state index is 12.6. The van der Waals surface area contributed by atoms with Crippen LogP contribution in [0.15, 0.2) is 77.7 Å². The second-order valence-electron chi connectivity index (χ2n) is 6.12. The lowest BCUT2D eigenvalue weighted by atomic mass is 10.2. The van der Waals surface area contributed by atoms with Crippen molar-refractivity contribution in [2.24, 2.45) is 0 Å². The van der Waals surface area contributed by atoms with Crippen LogP contribution in [-0.4, -0.2) is 26.4 Å². The molecule has 0 aliphatic rings. The largest absolute Gasteiger partial charge is 0.497 e. The van der Waals surface area contributed by atoms with Crippen LogP contribution in [0.3, 0.4) is 0 Å².